The van der Waals surface area contributed by atoms with E-state index in [0.29, 0.717) is 30.1 Å². The molecule has 0 spiro atoms. The first kappa shape index (κ1) is 24.7. The second-order valence-corrected chi connectivity index (χ2v) is 10.7. The van der Waals surface area contributed by atoms with Crippen LogP contribution in [0.25, 0.3) is 0 Å². The fourth-order valence-corrected chi connectivity index (χ4v) is 6.77. The second kappa shape index (κ2) is 11.8. The van der Waals surface area contributed by atoms with Crippen LogP contribution in [0.4, 0.5) is 8.78 Å². The van der Waals surface area contributed by atoms with Crippen molar-refractivity contribution in [2.45, 2.75) is 96.0 Å². The van der Waals surface area contributed by atoms with Crippen LogP contribution in [0.3, 0.4) is 0 Å². The van der Waals surface area contributed by atoms with E-state index in [-0.39, 0.29) is 11.7 Å². The van der Waals surface area contributed by atoms with Gasteiger partial charge in [-0.05, 0) is 112 Å². The van der Waals surface area contributed by atoms with Gasteiger partial charge in [-0.3, -0.25) is 0 Å². The fourth-order valence-electron chi connectivity index (χ4n) is 6.77. The molecule has 1 saturated heterocycles. The topological polar surface area (TPSA) is 18.5 Å². The lowest BCUT2D eigenvalue weighted by molar-refractivity contribution is -0.0732. The molecule has 0 N–H and O–H groups in total. The Morgan fingerprint density at radius 1 is 0.909 bits per heavy atom. The smallest absolute Gasteiger partial charge is 0.200 e. The number of hydrogen-bond acceptors (Lipinski definition) is 2. The van der Waals surface area contributed by atoms with Gasteiger partial charge in [-0.1, -0.05) is 25.0 Å². The molecule has 2 nitrogen and oxygen atoms in total. The van der Waals surface area contributed by atoms with Gasteiger partial charge in [0, 0.05) is 0 Å². The molecule has 1 heterocycles. The average molecular weight is 461 g/mol. The van der Waals surface area contributed by atoms with Crippen LogP contribution in [0.1, 0.15) is 95.5 Å². The summed E-state index contributed by atoms with van der Waals surface area (Å²) < 4.78 is 40.6. The molecule has 1 aliphatic heterocycles. The summed E-state index contributed by atoms with van der Waals surface area (Å²) >= 11 is 0. The number of halogens is 2. The van der Waals surface area contributed by atoms with Gasteiger partial charge in [0.25, 0.3) is 0 Å². The molecule has 184 valence electrons. The molecule has 2 aliphatic carbocycles. The van der Waals surface area contributed by atoms with Gasteiger partial charge in [0.05, 0.1) is 19.3 Å². The molecule has 0 bridgehead atoms. The van der Waals surface area contributed by atoms with E-state index in [0.717, 1.165) is 50.5 Å². The molecule has 1 unspecified atom stereocenters. The minimum atomic E-state index is -0.835. The van der Waals surface area contributed by atoms with Crippen LogP contribution < -0.4 is 4.74 Å². The van der Waals surface area contributed by atoms with E-state index < -0.39 is 11.6 Å². The van der Waals surface area contributed by atoms with Gasteiger partial charge in [-0.2, -0.15) is 4.39 Å². The molecule has 0 amide bonds. The summed E-state index contributed by atoms with van der Waals surface area (Å²) in [5, 5.41) is 0. The Labute approximate surface area is 199 Å². The van der Waals surface area contributed by atoms with E-state index in [4.69, 9.17) is 9.47 Å². The zero-order valence-corrected chi connectivity index (χ0v) is 20.4. The molecule has 4 heteroatoms. The lowest BCUT2D eigenvalue weighted by atomic mass is 9.71. The van der Waals surface area contributed by atoms with Gasteiger partial charge < -0.3 is 9.47 Å². The van der Waals surface area contributed by atoms with Crippen LogP contribution in [-0.2, 0) is 4.74 Å². The van der Waals surface area contributed by atoms with Crippen LogP contribution in [0, 0.1) is 35.3 Å². The van der Waals surface area contributed by atoms with Gasteiger partial charge in [-0.25, -0.2) is 4.39 Å². The molecule has 4 rings (SSSR count). The fraction of sp³-hybridized carbons (Fsp3) is 0.724. The molecule has 1 aromatic carbocycles. The summed E-state index contributed by atoms with van der Waals surface area (Å²) in [6, 6.07) is 3.32. The standard InChI is InChI=1S/C29H42F2O2/c1-3-5-6-20-7-9-23(10-8-20)26-17-15-24(19-33-26)21-11-13-22(14-12-21)25-16-18-27(32-4-2)29(31)28(25)30/h3,16,18,20-24,26H,1,4-15,17,19H2,2H3/t20?,21?,22?,23?,24-,26?/m1/s1. The summed E-state index contributed by atoms with van der Waals surface area (Å²) in [5.74, 6) is 1.51. The summed E-state index contributed by atoms with van der Waals surface area (Å²) in [6.45, 7) is 6.86. The minimum Gasteiger partial charge on any atom is -0.491 e. The molecule has 0 radical (unpaired) electrons. The molecule has 0 aromatic heterocycles. The number of benzene rings is 1. The van der Waals surface area contributed by atoms with Crippen molar-refractivity contribution in [2.75, 3.05) is 13.2 Å². The Morgan fingerprint density at radius 2 is 1.61 bits per heavy atom. The Balaban J connectivity index is 1.22. The third-order valence-electron chi connectivity index (χ3n) is 8.80. The number of allylic oxidation sites excluding steroid dienone is 1. The van der Waals surface area contributed by atoms with Crippen molar-refractivity contribution in [1.29, 1.82) is 0 Å². The van der Waals surface area contributed by atoms with Crippen molar-refractivity contribution < 1.29 is 18.3 Å². The highest BCUT2D eigenvalue weighted by atomic mass is 19.2. The lowest BCUT2D eigenvalue weighted by Crippen LogP contribution is -2.37. The third kappa shape index (κ3) is 5.99. The summed E-state index contributed by atoms with van der Waals surface area (Å²) in [6.07, 6.45) is 16.8. The predicted octanol–water partition coefficient (Wildman–Crippen LogP) is 8.21. The maximum Gasteiger partial charge on any atom is 0.200 e. The third-order valence-corrected chi connectivity index (χ3v) is 8.80. The van der Waals surface area contributed by atoms with Crippen LogP contribution >= 0.6 is 0 Å². The highest BCUT2D eigenvalue weighted by Crippen LogP contribution is 2.44. The monoisotopic (exact) mass is 460 g/mol. The highest BCUT2D eigenvalue weighted by Gasteiger charge is 2.36. The summed E-state index contributed by atoms with van der Waals surface area (Å²) in [7, 11) is 0. The van der Waals surface area contributed by atoms with Crippen molar-refractivity contribution >= 4 is 0 Å². The van der Waals surface area contributed by atoms with E-state index in [2.05, 4.69) is 12.7 Å². The first-order chi connectivity index (χ1) is 16.1. The molecule has 1 aromatic rings. The zero-order chi connectivity index (χ0) is 23.2. The first-order valence-corrected chi connectivity index (χ1v) is 13.4. The molecule has 33 heavy (non-hydrogen) atoms. The maximum atomic E-state index is 14.6. The molecule has 2 atom stereocenters. The van der Waals surface area contributed by atoms with Crippen molar-refractivity contribution in [3.05, 3.63) is 42.0 Å². The van der Waals surface area contributed by atoms with Crippen molar-refractivity contribution in [2.24, 2.45) is 23.7 Å². The molecular formula is C29H42F2O2. The SMILES string of the molecule is C=CCCC1CCC(C2CC[C@@H](C3CCC(c4ccc(OCC)c(F)c4F)CC3)CO2)CC1. The van der Waals surface area contributed by atoms with Gasteiger partial charge in [0.15, 0.2) is 11.6 Å². The largest absolute Gasteiger partial charge is 0.491 e. The van der Waals surface area contributed by atoms with Gasteiger partial charge in [0.1, 0.15) is 0 Å². The number of rotatable bonds is 8. The van der Waals surface area contributed by atoms with E-state index >= 15 is 0 Å². The molecule has 2 saturated carbocycles. The number of ether oxygens (including phenoxy) is 2. The van der Waals surface area contributed by atoms with E-state index in [1.54, 1.807) is 19.1 Å². The normalized spacial score (nSPS) is 32.9. The van der Waals surface area contributed by atoms with Crippen LogP contribution in [0.2, 0.25) is 0 Å². The van der Waals surface area contributed by atoms with E-state index in [9.17, 15) is 8.78 Å². The van der Waals surface area contributed by atoms with E-state index in [1.807, 2.05) is 0 Å². The summed E-state index contributed by atoms with van der Waals surface area (Å²) in [5.41, 5.74) is 0.526. The van der Waals surface area contributed by atoms with Crippen molar-refractivity contribution in [3.8, 4) is 5.75 Å². The van der Waals surface area contributed by atoms with Crippen LogP contribution in [-0.4, -0.2) is 19.3 Å². The van der Waals surface area contributed by atoms with Crippen molar-refractivity contribution in [3.63, 3.8) is 0 Å². The average Bonchev–Trinajstić information content (AvgIpc) is 2.86. The Kier molecular flexibility index (Phi) is 8.85. The van der Waals surface area contributed by atoms with Gasteiger partial charge in [-0.15, -0.1) is 6.58 Å². The second-order valence-electron chi connectivity index (χ2n) is 10.7. The molecular weight excluding hydrogens is 418 g/mol. The Hall–Kier alpha value is -1.42. The predicted molar refractivity (Wildman–Crippen MR) is 130 cm³/mol. The first-order valence-electron chi connectivity index (χ1n) is 13.4. The van der Waals surface area contributed by atoms with E-state index in [1.165, 1.54) is 44.9 Å². The minimum absolute atomic E-state index is 0.0200. The van der Waals surface area contributed by atoms with Crippen LogP contribution in [0.15, 0.2) is 24.8 Å². The van der Waals surface area contributed by atoms with Crippen molar-refractivity contribution in [1.82, 2.24) is 0 Å². The lowest BCUT2D eigenvalue weighted by Gasteiger charge is -2.41. The molecule has 3 fully saturated rings. The Morgan fingerprint density at radius 3 is 2.24 bits per heavy atom. The summed E-state index contributed by atoms with van der Waals surface area (Å²) in [4.78, 5) is 0. The van der Waals surface area contributed by atoms with Gasteiger partial charge in [0.2, 0.25) is 5.82 Å². The molecule has 3 aliphatic rings. The maximum absolute atomic E-state index is 14.6. The Bertz CT molecular complexity index is 755. The quantitative estimate of drug-likeness (QED) is 0.364. The number of hydrogen-bond donors (Lipinski definition) is 0. The zero-order valence-electron chi connectivity index (χ0n) is 20.4. The van der Waals surface area contributed by atoms with Gasteiger partial charge >= 0.3 is 0 Å². The van der Waals surface area contributed by atoms with Crippen LogP contribution in [0.5, 0.6) is 5.75 Å². The highest BCUT2D eigenvalue weighted by molar-refractivity contribution is 5.33.